The topological polar surface area (TPSA) is 47.6 Å². The molecule has 0 aromatic heterocycles. The van der Waals surface area contributed by atoms with Gasteiger partial charge in [0.2, 0.25) is 5.91 Å². The van der Waals surface area contributed by atoms with E-state index in [2.05, 4.69) is 5.32 Å². The molecule has 0 radical (unpaired) electrons. The predicted molar refractivity (Wildman–Crippen MR) is 86.1 cm³/mol. The van der Waals surface area contributed by atoms with Crippen LogP contribution in [0.2, 0.25) is 0 Å². The number of carbonyl (C=O) groups is 1. The number of carbonyl (C=O) groups excluding carboxylic acids is 1. The van der Waals surface area contributed by atoms with E-state index in [1.807, 2.05) is 31.2 Å². The maximum Gasteiger partial charge on any atom is 0.224 e. The van der Waals surface area contributed by atoms with E-state index in [1.165, 1.54) is 13.2 Å². The van der Waals surface area contributed by atoms with Crippen molar-refractivity contribution in [2.75, 3.05) is 13.7 Å². The zero-order chi connectivity index (χ0) is 16.7. The largest absolute Gasteiger partial charge is 0.494 e. The Balaban J connectivity index is 1.86. The Morgan fingerprint density at radius 2 is 1.83 bits per heavy atom. The van der Waals surface area contributed by atoms with Crippen molar-refractivity contribution in [2.24, 2.45) is 0 Å². The number of benzene rings is 2. The summed E-state index contributed by atoms with van der Waals surface area (Å²) in [6, 6.07) is 12.0. The van der Waals surface area contributed by atoms with Crippen LogP contribution in [0.3, 0.4) is 0 Å². The summed E-state index contributed by atoms with van der Waals surface area (Å²) in [7, 11) is 1.41. The van der Waals surface area contributed by atoms with Crippen LogP contribution in [0.5, 0.6) is 11.5 Å². The van der Waals surface area contributed by atoms with Gasteiger partial charge in [-0.15, -0.1) is 0 Å². The van der Waals surface area contributed by atoms with Gasteiger partial charge in [0.25, 0.3) is 0 Å². The number of amides is 1. The molecule has 4 nitrogen and oxygen atoms in total. The van der Waals surface area contributed by atoms with Gasteiger partial charge in [0.15, 0.2) is 11.6 Å². The molecule has 1 N–H and O–H groups in total. The van der Waals surface area contributed by atoms with E-state index in [-0.39, 0.29) is 24.6 Å². The number of rotatable bonds is 7. The molecule has 1 amide bonds. The summed E-state index contributed by atoms with van der Waals surface area (Å²) in [6.07, 6.45) is 0.269. The molecule has 0 saturated heterocycles. The highest BCUT2D eigenvalue weighted by Gasteiger charge is 2.06. The Labute approximate surface area is 135 Å². The van der Waals surface area contributed by atoms with E-state index in [4.69, 9.17) is 9.47 Å². The third-order valence-electron chi connectivity index (χ3n) is 3.30. The number of ether oxygens (including phenoxy) is 2. The number of methoxy groups -OCH3 is 1. The smallest absolute Gasteiger partial charge is 0.224 e. The van der Waals surface area contributed by atoms with Gasteiger partial charge in [-0.3, -0.25) is 4.79 Å². The van der Waals surface area contributed by atoms with Crippen molar-refractivity contribution >= 4 is 5.91 Å². The molecule has 5 heteroatoms. The van der Waals surface area contributed by atoms with Crippen molar-refractivity contribution < 1.29 is 18.7 Å². The first-order chi connectivity index (χ1) is 11.1. The van der Waals surface area contributed by atoms with Crippen LogP contribution < -0.4 is 14.8 Å². The highest BCUT2D eigenvalue weighted by Crippen LogP contribution is 2.17. The van der Waals surface area contributed by atoms with Crippen molar-refractivity contribution in [3.8, 4) is 11.5 Å². The molecule has 2 aromatic carbocycles. The van der Waals surface area contributed by atoms with Crippen LogP contribution in [0.1, 0.15) is 18.1 Å². The Hall–Kier alpha value is -2.56. The molecule has 23 heavy (non-hydrogen) atoms. The quantitative estimate of drug-likeness (QED) is 0.853. The lowest BCUT2D eigenvalue weighted by molar-refractivity contribution is -0.120. The van der Waals surface area contributed by atoms with Gasteiger partial charge in [-0.05, 0) is 42.3 Å². The molecule has 2 aromatic rings. The van der Waals surface area contributed by atoms with Gasteiger partial charge in [-0.1, -0.05) is 18.2 Å². The van der Waals surface area contributed by atoms with Gasteiger partial charge < -0.3 is 14.8 Å². The molecule has 0 aliphatic rings. The molecule has 0 unspecified atom stereocenters. The molecule has 0 spiro atoms. The van der Waals surface area contributed by atoms with Crippen molar-refractivity contribution in [3.05, 3.63) is 59.4 Å². The Kier molecular flexibility index (Phi) is 5.97. The lowest BCUT2D eigenvalue weighted by atomic mass is 10.1. The second kappa shape index (κ2) is 8.17. The van der Waals surface area contributed by atoms with E-state index >= 15 is 0 Å². The number of hydrogen-bond acceptors (Lipinski definition) is 3. The normalized spacial score (nSPS) is 10.2. The molecule has 0 saturated carbocycles. The molecule has 0 aliphatic heterocycles. The summed E-state index contributed by atoms with van der Waals surface area (Å²) in [6.45, 7) is 2.80. The van der Waals surface area contributed by atoms with Crippen LogP contribution in [-0.4, -0.2) is 19.6 Å². The Morgan fingerprint density at radius 1 is 1.13 bits per heavy atom. The first-order valence-electron chi connectivity index (χ1n) is 7.43. The van der Waals surface area contributed by atoms with Crippen molar-refractivity contribution in [3.63, 3.8) is 0 Å². The van der Waals surface area contributed by atoms with E-state index in [0.717, 1.165) is 11.3 Å². The highest BCUT2D eigenvalue weighted by atomic mass is 19.1. The lowest BCUT2D eigenvalue weighted by Crippen LogP contribution is -2.24. The number of hydrogen-bond donors (Lipinski definition) is 1. The summed E-state index contributed by atoms with van der Waals surface area (Å²) in [4.78, 5) is 11.9. The van der Waals surface area contributed by atoms with Crippen molar-refractivity contribution in [2.45, 2.75) is 19.9 Å². The first-order valence-corrected chi connectivity index (χ1v) is 7.43. The number of nitrogens with one attached hydrogen (secondary N) is 1. The molecular formula is C18H20FNO3. The molecule has 122 valence electrons. The monoisotopic (exact) mass is 317 g/mol. The van der Waals surface area contributed by atoms with Crippen LogP contribution in [0.4, 0.5) is 4.39 Å². The van der Waals surface area contributed by atoms with E-state index in [9.17, 15) is 9.18 Å². The SMILES string of the molecule is CCOc1ccc(CC(=O)NCc2ccc(OC)c(F)c2)cc1. The molecule has 0 aliphatic carbocycles. The fraction of sp³-hybridized carbons (Fsp3) is 0.278. The first kappa shape index (κ1) is 16.8. The van der Waals surface area contributed by atoms with Crippen LogP contribution in [0, 0.1) is 5.82 Å². The summed E-state index contributed by atoms with van der Waals surface area (Å²) in [5, 5.41) is 2.77. The molecule has 0 heterocycles. The zero-order valence-electron chi connectivity index (χ0n) is 13.3. The lowest BCUT2D eigenvalue weighted by Gasteiger charge is -2.08. The highest BCUT2D eigenvalue weighted by molar-refractivity contribution is 5.78. The minimum Gasteiger partial charge on any atom is -0.494 e. The average molecular weight is 317 g/mol. The van der Waals surface area contributed by atoms with E-state index in [1.54, 1.807) is 12.1 Å². The molecular weight excluding hydrogens is 297 g/mol. The summed E-state index contributed by atoms with van der Waals surface area (Å²) in [5.41, 5.74) is 1.58. The molecule has 0 bridgehead atoms. The predicted octanol–water partition coefficient (Wildman–Crippen LogP) is 3.09. The molecule has 0 atom stereocenters. The Morgan fingerprint density at radius 3 is 2.43 bits per heavy atom. The van der Waals surface area contributed by atoms with Gasteiger partial charge in [0.1, 0.15) is 5.75 Å². The van der Waals surface area contributed by atoms with Crippen molar-refractivity contribution in [1.82, 2.24) is 5.32 Å². The van der Waals surface area contributed by atoms with Gasteiger partial charge in [0, 0.05) is 6.54 Å². The minimum absolute atomic E-state index is 0.120. The second-order valence-electron chi connectivity index (χ2n) is 5.00. The van der Waals surface area contributed by atoms with Crippen molar-refractivity contribution in [1.29, 1.82) is 0 Å². The standard InChI is InChI=1S/C18H20FNO3/c1-3-23-15-7-4-13(5-8-15)11-18(21)20-12-14-6-9-17(22-2)16(19)10-14/h4-10H,3,11-12H2,1-2H3,(H,20,21). The summed E-state index contributed by atoms with van der Waals surface area (Å²) < 4.78 is 23.8. The van der Waals surface area contributed by atoms with E-state index < -0.39 is 5.82 Å². The molecule has 2 rings (SSSR count). The van der Waals surface area contributed by atoms with Gasteiger partial charge in [-0.2, -0.15) is 0 Å². The summed E-state index contributed by atoms with van der Waals surface area (Å²) in [5.74, 6) is 0.413. The third kappa shape index (κ3) is 4.98. The second-order valence-corrected chi connectivity index (χ2v) is 5.00. The average Bonchev–Trinajstić information content (AvgIpc) is 2.55. The fourth-order valence-corrected chi connectivity index (χ4v) is 2.14. The van der Waals surface area contributed by atoms with Crippen LogP contribution >= 0.6 is 0 Å². The van der Waals surface area contributed by atoms with Crippen LogP contribution in [0.25, 0.3) is 0 Å². The van der Waals surface area contributed by atoms with Gasteiger partial charge >= 0.3 is 0 Å². The maximum atomic E-state index is 13.6. The minimum atomic E-state index is -0.439. The maximum absolute atomic E-state index is 13.6. The molecule has 0 fully saturated rings. The zero-order valence-corrected chi connectivity index (χ0v) is 13.3. The van der Waals surface area contributed by atoms with Gasteiger partial charge in [-0.25, -0.2) is 4.39 Å². The van der Waals surface area contributed by atoms with Crippen LogP contribution in [-0.2, 0) is 17.8 Å². The van der Waals surface area contributed by atoms with Gasteiger partial charge in [0.05, 0.1) is 20.1 Å². The fourth-order valence-electron chi connectivity index (χ4n) is 2.14. The summed E-state index contributed by atoms with van der Waals surface area (Å²) >= 11 is 0. The Bertz CT molecular complexity index is 656. The van der Waals surface area contributed by atoms with E-state index in [0.29, 0.717) is 12.2 Å². The number of halogens is 1. The van der Waals surface area contributed by atoms with Crippen LogP contribution in [0.15, 0.2) is 42.5 Å². The third-order valence-corrected chi connectivity index (χ3v) is 3.30.